The van der Waals surface area contributed by atoms with Crippen molar-refractivity contribution in [3.8, 4) is 0 Å². The van der Waals surface area contributed by atoms with Crippen molar-refractivity contribution in [2.45, 2.75) is 53.0 Å². The molecule has 1 heteroatoms. The van der Waals surface area contributed by atoms with Gasteiger partial charge in [0, 0.05) is 6.04 Å². The van der Waals surface area contributed by atoms with Crippen LogP contribution >= 0.6 is 0 Å². The summed E-state index contributed by atoms with van der Waals surface area (Å²) in [4.78, 5) is 0. The van der Waals surface area contributed by atoms with E-state index in [1.165, 1.54) is 48.1 Å². The summed E-state index contributed by atoms with van der Waals surface area (Å²) >= 11 is 0. The predicted molar refractivity (Wildman–Crippen MR) is 84.5 cm³/mol. The summed E-state index contributed by atoms with van der Waals surface area (Å²) in [5.41, 5.74) is 5.52. The molecular weight excluding hydrogens is 230 g/mol. The summed E-state index contributed by atoms with van der Waals surface area (Å²) in [5, 5.41) is 3.62. The summed E-state index contributed by atoms with van der Waals surface area (Å²) in [6.45, 7) is 10.1. The Kier molecular flexibility index (Phi) is 4.81. The van der Waals surface area contributed by atoms with Gasteiger partial charge in [0.25, 0.3) is 0 Å². The maximum atomic E-state index is 3.62. The molecule has 104 valence electrons. The first-order valence-corrected chi connectivity index (χ1v) is 7.59. The minimum atomic E-state index is 0.554. The molecule has 1 aromatic carbocycles. The van der Waals surface area contributed by atoms with Crippen LogP contribution in [0.2, 0.25) is 0 Å². The fraction of sp³-hybridized carbons (Fsp3) is 0.556. The molecule has 1 N–H and O–H groups in total. The van der Waals surface area contributed by atoms with E-state index in [0.717, 1.165) is 5.92 Å². The monoisotopic (exact) mass is 257 g/mol. The van der Waals surface area contributed by atoms with Crippen molar-refractivity contribution >= 4 is 6.08 Å². The Morgan fingerprint density at radius 3 is 2.53 bits per heavy atom. The second kappa shape index (κ2) is 6.38. The van der Waals surface area contributed by atoms with Gasteiger partial charge in [-0.3, -0.25) is 0 Å². The standard InChI is InChI=1S/C18H27N/c1-5-16-8-9-19-17(12-16)6-7-18-14(3)10-13(2)11-15(18)4/h6-7,10-11,16-17,19H,5,8-9,12H2,1-4H3/b7-6+. The highest BCUT2D eigenvalue weighted by Crippen LogP contribution is 2.22. The van der Waals surface area contributed by atoms with Gasteiger partial charge in [-0.05, 0) is 62.8 Å². The lowest BCUT2D eigenvalue weighted by atomic mass is 9.89. The fourth-order valence-electron chi connectivity index (χ4n) is 3.22. The second-order valence-corrected chi connectivity index (χ2v) is 6.03. The number of nitrogens with one attached hydrogen (secondary N) is 1. The van der Waals surface area contributed by atoms with Crippen LogP contribution in [0, 0.1) is 26.7 Å². The average Bonchev–Trinajstić information content (AvgIpc) is 2.37. The first-order chi connectivity index (χ1) is 9.10. The number of benzene rings is 1. The van der Waals surface area contributed by atoms with Crippen LogP contribution < -0.4 is 5.32 Å². The first-order valence-electron chi connectivity index (χ1n) is 7.59. The van der Waals surface area contributed by atoms with Crippen LogP contribution in [0.4, 0.5) is 0 Å². The molecule has 2 rings (SSSR count). The van der Waals surface area contributed by atoms with Gasteiger partial charge in [-0.15, -0.1) is 0 Å². The molecule has 0 aromatic heterocycles. The Morgan fingerprint density at radius 1 is 1.21 bits per heavy atom. The Balaban J connectivity index is 2.10. The van der Waals surface area contributed by atoms with E-state index in [2.05, 4.69) is 57.3 Å². The fourth-order valence-corrected chi connectivity index (χ4v) is 3.22. The molecule has 2 unspecified atom stereocenters. The summed E-state index contributed by atoms with van der Waals surface area (Å²) in [6.07, 6.45) is 8.63. The molecule has 0 aliphatic carbocycles. The van der Waals surface area contributed by atoms with E-state index in [9.17, 15) is 0 Å². The normalized spacial score (nSPS) is 24.0. The molecule has 0 amide bonds. The number of piperidine rings is 1. The van der Waals surface area contributed by atoms with Gasteiger partial charge in [-0.25, -0.2) is 0 Å². The highest BCUT2D eigenvalue weighted by molar-refractivity contribution is 5.59. The van der Waals surface area contributed by atoms with Crippen molar-refractivity contribution < 1.29 is 0 Å². The van der Waals surface area contributed by atoms with Gasteiger partial charge in [0.1, 0.15) is 0 Å². The largest absolute Gasteiger partial charge is 0.310 e. The highest BCUT2D eigenvalue weighted by atomic mass is 14.9. The minimum absolute atomic E-state index is 0.554. The van der Waals surface area contributed by atoms with E-state index in [1.807, 2.05) is 0 Å². The lowest BCUT2D eigenvalue weighted by molar-refractivity contribution is 0.326. The zero-order chi connectivity index (χ0) is 13.8. The Bertz CT molecular complexity index is 436. The molecule has 0 spiro atoms. The molecule has 0 saturated carbocycles. The maximum Gasteiger partial charge on any atom is 0.0255 e. The summed E-state index contributed by atoms with van der Waals surface area (Å²) < 4.78 is 0. The predicted octanol–water partition coefficient (Wildman–Crippen LogP) is 4.40. The third-order valence-electron chi connectivity index (χ3n) is 4.36. The van der Waals surface area contributed by atoms with Crippen molar-refractivity contribution in [1.82, 2.24) is 5.32 Å². The van der Waals surface area contributed by atoms with Gasteiger partial charge in [0.2, 0.25) is 0 Å². The van der Waals surface area contributed by atoms with Gasteiger partial charge in [0.05, 0.1) is 0 Å². The van der Waals surface area contributed by atoms with Crippen LogP contribution in [-0.4, -0.2) is 12.6 Å². The molecule has 19 heavy (non-hydrogen) atoms. The Morgan fingerprint density at radius 2 is 1.89 bits per heavy atom. The third kappa shape index (κ3) is 3.70. The number of rotatable bonds is 3. The van der Waals surface area contributed by atoms with E-state index in [0.29, 0.717) is 6.04 Å². The van der Waals surface area contributed by atoms with Gasteiger partial charge in [-0.2, -0.15) is 0 Å². The molecule has 1 fully saturated rings. The number of hydrogen-bond acceptors (Lipinski definition) is 1. The molecule has 2 atom stereocenters. The molecule has 1 aliphatic heterocycles. The van der Waals surface area contributed by atoms with E-state index < -0.39 is 0 Å². The Labute approximate surface area is 118 Å². The Hall–Kier alpha value is -1.08. The molecule has 1 heterocycles. The van der Waals surface area contributed by atoms with Gasteiger partial charge < -0.3 is 5.32 Å². The van der Waals surface area contributed by atoms with Crippen molar-refractivity contribution in [3.63, 3.8) is 0 Å². The van der Waals surface area contributed by atoms with E-state index in [4.69, 9.17) is 0 Å². The average molecular weight is 257 g/mol. The lowest BCUT2D eigenvalue weighted by Crippen LogP contribution is -2.36. The van der Waals surface area contributed by atoms with Gasteiger partial charge in [0.15, 0.2) is 0 Å². The van der Waals surface area contributed by atoms with Crippen molar-refractivity contribution in [2.75, 3.05) is 6.54 Å². The van der Waals surface area contributed by atoms with Gasteiger partial charge in [-0.1, -0.05) is 43.2 Å². The summed E-state index contributed by atoms with van der Waals surface area (Å²) in [6, 6.07) is 5.10. The first kappa shape index (κ1) is 14.3. The van der Waals surface area contributed by atoms with Crippen LogP contribution in [0.15, 0.2) is 18.2 Å². The smallest absolute Gasteiger partial charge is 0.0255 e. The van der Waals surface area contributed by atoms with E-state index >= 15 is 0 Å². The third-order valence-corrected chi connectivity index (χ3v) is 4.36. The van der Waals surface area contributed by atoms with E-state index in [1.54, 1.807) is 0 Å². The molecule has 1 saturated heterocycles. The summed E-state index contributed by atoms with van der Waals surface area (Å²) in [7, 11) is 0. The summed E-state index contributed by atoms with van der Waals surface area (Å²) in [5.74, 6) is 0.899. The van der Waals surface area contributed by atoms with Crippen LogP contribution in [0.3, 0.4) is 0 Å². The minimum Gasteiger partial charge on any atom is -0.310 e. The SMILES string of the molecule is CCC1CCNC(/C=C/c2c(C)cc(C)cc2C)C1. The molecule has 0 radical (unpaired) electrons. The number of hydrogen-bond donors (Lipinski definition) is 1. The molecule has 1 aromatic rings. The molecule has 1 nitrogen and oxygen atoms in total. The molecule has 0 bridgehead atoms. The van der Waals surface area contributed by atoms with Crippen LogP contribution in [0.25, 0.3) is 6.08 Å². The molecule has 1 aliphatic rings. The van der Waals surface area contributed by atoms with Crippen molar-refractivity contribution in [2.24, 2.45) is 5.92 Å². The lowest BCUT2D eigenvalue weighted by Gasteiger charge is -2.27. The zero-order valence-corrected chi connectivity index (χ0v) is 12.8. The van der Waals surface area contributed by atoms with Crippen molar-refractivity contribution in [1.29, 1.82) is 0 Å². The highest BCUT2D eigenvalue weighted by Gasteiger charge is 2.17. The zero-order valence-electron chi connectivity index (χ0n) is 12.8. The van der Waals surface area contributed by atoms with Gasteiger partial charge >= 0.3 is 0 Å². The second-order valence-electron chi connectivity index (χ2n) is 6.03. The quantitative estimate of drug-likeness (QED) is 0.846. The van der Waals surface area contributed by atoms with Crippen LogP contribution in [0.5, 0.6) is 0 Å². The topological polar surface area (TPSA) is 12.0 Å². The molecular formula is C18H27N. The van der Waals surface area contributed by atoms with E-state index in [-0.39, 0.29) is 0 Å². The van der Waals surface area contributed by atoms with Crippen LogP contribution in [0.1, 0.15) is 48.4 Å². The maximum absolute atomic E-state index is 3.62. The van der Waals surface area contributed by atoms with Crippen molar-refractivity contribution in [3.05, 3.63) is 40.5 Å². The number of aryl methyl sites for hydroxylation is 3. The van der Waals surface area contributed by atoms with Crippen LogP contribution in [-0.2, 0) is 0 Å².